The molecule has 1 N–H and O–H groups in total. The van der Waals surface area contributed by atoms with Crippen LogP contribution in [0.4, 0.5) is 10.1 Å². The van der Waals surface area contributed by atoms with Crippen LogP contribution < -0.4 is 4.90 Å². The van der Waals surface area contributed by atoms with E-state index in [0.29, 0.717) is 17.8 Å². The van der Waals surface area contributed by atoms with Gasteiger partial charge in [-0.1, -0.05) is 12.1 Å². The Bertz CT molecular complexity index is 535. The summed E-state index contributed by atoms with van der Waals surface area (Å²) in [6.45, 7) is 2.11. The van der Waals surface area contributed by atoms with Crippen molar-refractivity contribution < 1.29 is 14.3 Å². The number of aliphatic carboxylic acids is 1. The number of nitrogens with zero attached hydrogens (tertiary/aromatic N) is 2. The SMILES string of the molecule is CC(C#N)CN(C)c1c(F)cccc1/C=C/C(=O)O. The molecule has 0 radical (unpaired) electrons. The van der Waals surface area contributed by atoms with Crippen LogP contribution in [0.2, 0.25) is 0 Å². The highest BCUT2D eigenvalue weighted by molar-refractivity contribution is 5.87. The molecule has 0 heterocycles. The number of carbonyl (C=O) groups is 1. The number of carboxylic acids is 1. The average molecular weight is 262 g/mol. The first-order valence-corrected chi connectivity index (χ1v) is 5.76. The molecule has 19 heavy (non-hydrogen) atoms. The van der Waals surface area contributed by atoms with Gasteiger partial charge >= 0.3 is 5.97 Å². The molecule has 1 aromatic rings. The lowest BCUT2D eigenvalue weighted by molar-refractivity contribution is -0.131. The van der Waals surface area contributed by atoms with E-state index in [-0.39, 0.29) is 5.92 Å². The maximum atomic E-state index is 13.9. The highest BCUT2D eigenvalue weighted by Gasteiger charge is 2.13. The number of hydrogen-bond acceptors (Lipinski definition) is 3. The van der Waals surface area contributed by atoms with E-state index in [4.69, 9.17) is 10.4 Å². The second kappa shape index (κ2) is 6.55. The van der Waals surface area contributed by atoms with E-state index in [1.807, 2.05) is 0 Å². The number of benzene rings is 1. The maximum Gasteiger partial charge on any atom is 0.328 e. The monoisotopic (exact) mass is 262 g/mol. The van der Waals surface area contributed by atoms with Gasteiger partial charge in [-0.2, -0.15) is 5.26 Å². The molecule has 0 aromatic heterocycles. The molecule has 0 bridgehead atoms. The Balaban J connectivity index is 3.11. The van der Waals surface area contributed by atoms with Crippen molar-refractivity contribution >= 4 is 17.7 Å². The van der Waals surface area contributed by atoms with Crippen LogP contribution in [0.5, 0.6) is 0 Å². The number of halogens is 1. The Labute approximate surface area is 111 Å². The largest absolute Gasteiger partial charge is 0.478 e. The fraction of sp³-hybridized carbons (Fsp3) is 0.286. The lowest BCUT2D eigenvalue weighted by Gasteiger charge is -2.23. The molecule has 1 atom stereocenters. The second-order valence-corrected chi connectivity index (χ2v) is 4.26. The predicted molar refractivity (Wildman–Crippen MR) is 71.1 cm³/mol. The summed E-state index contributed by atoms with van der Waals surface area (Å²) < 4.78 is 13.9. The molecule has 0 aliphatic rings. The van der Waals surface area contributed by atoms with Crippen molar-refractivity contribution in [2.24, 2.45) is 5.92 Å². The van der Waals surface area contributed by atoms with E-state index in [1.54, 1.807) is 24.9 Å². The van der Waals surface area contributed by atoms with E-state index < -0.39 is 11.8 Å². The zero-order chi connectivity index (χ0) is 14.4. The number of rotatable bonds is 5. The Morgan fingerprint density at radius 3 is 2.89 bits per heavy atom. The van der Waals surface area contributed by atoms with Crippen molar-refractivity contribution in [1.29, 1.82) is 5.26 Å². The number of para-hydroxylation sites is 1. The fourth-order valence-electron chi connectivity index (χ4n) is 1.77. The Morgan fingerprint density at radius 1 is 1.63 bits per heavy atom. The van der Waals surface area contributed by atoms with Gasteiger partial charge in [-0.15, -0.1) is 0 Å². The standard InChI is InChI=1S/C14H15FN2O2/c1-10(8-16)9-17(2)14-11(6-7-13(18)19)4-3-5-12(14)15/h3-7,10H,9H2,1-2H3,(H,18,19)/b7-6+. The van der Waals surface area contributed by atoms with Crippen LogP contribution in [-0.2, 0) is 4.79 Å². The highest BCUT2D eigenvalue weighted by atomic mass is 19.1. The molecule has 0 aliphatic heterocycles. The van der Waals surface area contributed by atoms with E-state index in [1.165, 1.54) is 18.2 Å². The topological polar surface area (TPSA) is 64.3 Å². The van der Waals surface area contributed by atoms with Gasteiger partial charge in [0.25, 0.3) is 0 Å². The minimum absolute atomic E-state index is 0.249. The molecule has 1 aromatic carbocycles. The van der Waals surface area contributed by atoms with Gasteiger partial charge in [-0.3, -0.25) is 0 Å². The summed E-state index contributed by atoms with van der Waals surface area (Å²) in [5.74, 6) is -1.79. The molecule has 100 valence electrons. The molecular formula is C14H15FN2O2. The van der Waals surface area contributed by atoms with Crippen molar-refractivity contribution in [3.63, 3.8) is 0 Å². The summed E-state index contributed by atoms with van der Waals surface area (Å²) in [6.07, 6.45) is 2.30. The summed E-state index contributed by atoms with van der Waals surface area (Å²) in [5.41, 5.74) is 0.761. The molecule has 0 amide bonds. The molecule has 0 saturated carbocycles. The average Bonchev–Trinajstić information content (AvgIpc) is 2.35. The van der Waals surface area contributed by atoms with Gasteiger partial charge in [-0.25, -0.2) is 9.18 Å². The molecule has 1 unspecified atom stereocenters. The van der Waals surface area contributed by atoms with Crippen LogP contribution >= 0.6 is 0 Å². The van der Waals surface area contributed by atoms with Gasteiger partial charge in [0, 0.05) is 25.2 Å². The van der Waals surface area contributed by atoms with Crippen molar-refractivity contribution in [1.82, 2.24) is 0 Å². The molecule has 0 fully saturated rings. The van der Waals surface area contributed by atoms with Crippen molar-refractivity contribution in [2.45, 2.75) is 6.92 Å². The van der Waals surface area contributed by atoms with E-state index in [9.17, 15) is 9.18 Å². The maximum absolute atomic E-state index is 13.9. The Kier molecular flexibility index (Phi) is 5.07. The third-order valence-electron chi connectivity index (χ3n) is 2.57. The number of hydrogen-bond donors (Lipinski definition) is 1. The van der Waals surface area contributed by atoms with Crippen molar-refractivity contribution in [3.05, 3.63) is 35.7 Å². The van der Waals surface area contributed by atoms with Crippen LogP contribution in [0.15, 0.2) is 24.3 Å². The number of carboxylic acid groups (broad SMARTS) is 1. The lowest BCUT2D eigenvalue weighted by Crippen LogP contribution is -2.24. The highest BCUT2D eigenvalue weighted by Crippen LogP contribution is 2.25. The summed E-state index contributed by atoms with van der Waals surface area (Å²) in [5, 5.41) is 17.4. The molecule has 4 nitrogen and oxygen atoms in total. The van der Waals surface area contributed by atoms with Gasteiger partial charge in [0.05, 0.1) is 17.7 Å². The van der Waals surface area contributed by atoms with Crippen LogP contribution in [-0.4, -0.2) is 24.7 Å². The van der Waals surface area contributed by atoms with Gasteiger partial charge in [0.15, 0.2) is 0 Å². The summed E-state index contributed by atoms with van der Waals surface area (Å²) in [7, 11) is 1.67. The van der Waals surface area contributed by atoms with E-state index in [2.05, 4.69) is 6.07 Å². The predicted octanol–water partition coefficient (Wildman–Crippen LogP) is 2.52. The Hall–Kier alpha value is -2.35. The summed E-state index contributed by atoms with van der Waals surface area (Å²) in [6, 6.07) is 6.53. The molecule has 1 rings (SSSR count). The van der Waals surface area contributed by atoms with Crippen LogP contribution in [0.3, 0.4) is 0 Å². The van der Waals surface area contributed by atoms with E-state index >= 15 is 0 Å². The van der Waals surface area contributed by atoms with Gasteiger partial charge < -0.3 is 10.0 Å². The van der Waals surface area contributed by atoms with Crippen molar-refractivity contribution in [2.75, 3.05) is 18.5 Å². The fourth-order valence-corrected chi connectivity index (χ4v) is 1.77. The van der Waals surface area contributed by atoms with Crippen LogP contribution in [0.1, 0.15) is 12.5 Å². The quantitative estimate of drug-likeness (QED) is 0.828. The number of anilines is 1. The number of nitriles is 1. The molecule has 5 heteroatoms. The smallest absolute Gasteiger partial charge is 0.328 e. The molecule has 0 aliphatic carbocycles. The molecular weight excluding hydrogens is 247 g/mol. The first-order chi connectivity index (χ1) is 8.95. The molecule has 0 spiro atoms. The zero-order valence-corrected chi connectivity index (χ0v) is 10.8. The molecule has 0 saturated heterocycles. The minimum Gasteiger partial charge on any atom is -0.478 e. The second-order valence-electron chi connectivity index (χ2n) is 4.26. The normalized spacial score (nSPS) is 12.1. The summed E-state index contributed by atoms with van der Waals surface area (Å²) in [4.78, 5) is 12.1. The third-order valence-corrected chi connectivity index (χ3v) is 2.57. The first-order valence-electron chi connectivity index (χ1n) is 5.76. The van der Waals surface area contributed by atoms with Gasteiger partial charge in [-0.05, 0) is 19.1 Å². The van der Waals surface area contributed by atoms with E-state index in [0.717, 1.165) is 6.08 Å². The summed E-state index contributed by atoms with van der Waals surface area (Å²) >= 11 is 0. The lowest BCUT2D eigenvalue weighted by atomic mass is 10.1. The van der Waals surface area contributed by atoms with Crippen LogP contribution in [0.25, 0.3) is 6.08 Å². The van der Waals surface area contributed by atoms with Crippen LogP contribution in [0, 0.1) is 23.1 Å². The van der Waals surface area contributed by atoms with Gasteiger partial charge in [0.2, 0.25) is 0 Å². The van der Waals surface area contributed by atoms with Gasteiger partial charge in [0.1, 0.15) is 5.82 Å². The Morgan fingerprint density at radius 2 is 2.32 bits per heavy atom. The first kappa shape index (κ1) is 14.7. The minimum atomic E-state index is -1.09. The zero-order valence-electron chi connectivity index (χ0n) is 10.8. The van der Waals surface area contributed by atoms with Crippen molar-refractivity contribution in [3.8, 4) is 6.07 Å². The third kappa shape index (κ3) is 4.11.